The lowest BCUT2D eigenvalue weighted by atomic mass is 10.3. The van der Waals surface area contributed by atoms with E-state index in [0.29, 0.717) is 5.82 Å². The average Bonchev–Trinajstić information content (AvgIpc) is 2.94. The van der Waals surface area contributed by atoms with Crippen LogP contribution in [0.1, 0.15) is 15.4 Å². The summed E-state index contributed by atoms with van der Waals surface area (Å²) in [5, 5.41) is 9.23. The van der Waals surface area contributed by atoms with Crippen LogP contribution in [0.25, 0.3) is 16.2 Å². The molecule has 0 aliphatic heterocycles. The smallest absolute Gasteiger partial charge is 0.352 e. The van der Waals surface area contributed by atoms with Crippen molar-refractivity contribution in [1.29, 1.82) is 0 Å². The van der Waals surface area contributed by atoms with Crippen LogP contribution < -0.4 is 0 Å². The Morgan fingerprint density at radius 1 is 1.33 bits per heavy atom. The summed E-state index contributed by atoms with van der Waals surface area (Å²) in [6.45, 7) is 2.02. The summed E-state index contributed by atoms with van der Waals surface area (Å²) < 4.78 is 1.67. The van der Waals surface area contributed by atoms with E-state index >= 15 is 0 Å². The van der Waals surface area contributed by atoms with Crippen LogP contribution in [0.4, 0.5) is 0 Å². The van der Waals surface area contributed by atoms with Gasteiger partial charge in [-0.3, -0.25) is 4.40 Å². The molecule has 3 rings (SSSR count). The van der Waals surface area contributed by atoms with Crippen molar-refractivity contribution in [3.63, 3.8) is 0 Å². The van der Waals surface area contributed by atoms with Gasteiger partial charge < -0.3 is 5.11 Å². The number of carboxylic acids is 1. The molecule has 5 heteroatoms. The van der Waals surface area contributed by atoms with Crippen LogP contribution in [-0.4, -0.2) is 20.5 Å². The third-order valence-corrected chi connectivity index (χ3v) is 3.73. The Morgan fingerprint density at radius 2 is 2.17 bits per heavy atom. The summed E-state index contributed by atoms with van der Waals surface area (Å²) in [7, 11) is 0. The number of rotatable bonds is 2. The second kappa shape index (κ2) is 3.96. The molecule has 0 amide bonds. The van der Waals surface area contributed by atoms with Gasteiger partial charge in [0.05, 0.1) is 16.6 Å². The molecule has 1 N–H and O–H groups in total. The van der Waals surface area contributed by atoms with Gasteiger partial charge in [0.15, 0.2) is 5.82 Å². The van der Waals surface area contributed by atoms with Crippen LogP contribution >= 0.6 is 11.3 Å². The van der Waals surface area contributed by atoms with Crippen molar-refractivity contribution in [3.8, 4) is 10.7 Å². The molecule has 3 aromatic rings. The lowest BCUT2D eigenvalue weighted by Gasteiger charge is -2.03. The Bertz CT molecular complexity index is 742. The normalized spacial score (nSPS) is 10.9. The third-order valence-electron chi connectivity index (χ3n) is 2.73. The zero-order valence-corrected chi connectivity index (χ0v) is 10.4. The summed E-state index contributed by atoms with van der Waals surface area (Å²) in [5.74, 6) is -0.269. The number of pyridine rings is 1. The minimum atomic E-state index is -0.951. The molecule has 18 heavy (non-hydrogen) atoms. The number of aryl methyl sites for hydroxylation is 1. The van der Waals surface area contributed by atoms with E-state index in [2.05, 4.69) is 4.98 Å². The number of carboxylic acid groups (broad SMARTS) is 1. The van der Waals surface area contributed by atoms with Crippen molar-refractivity contribution in [1.82, 2.24) is 9.38 Å². The minimum absolute atomic E-state index is 0.228. The van der Waals surface area contributed by atoms with Crippen LogP contribution in [-0.2, 0) is 0 Å². The van der Waals surface area contributed by atoms with E-state index in [-0.39, 0.29) is 5.69 Å². The van der Waals surface area contributed by atoms with Crippen LogP contribution in [0, 0.1) is 6.92 Å². The number of hydrogen-bond acceptors (Lipinski definition) is 3. The Balaban J connectivity index is 2.34. The third kappa shape index (κ3) is 1.60. The molecule has 0 saturated heterocycles. The molecule has 3 aromatic heterocycles. The molecular weight excluding hydrogens is 248 g/mol. The number of carbonyl (C=O) groups is 1. The van der Waals surface area contributed by atoms with Crippen molar-refractivity contribution in [3.05, 3.63) is 47.1 Å². The first-order valence-electron chi connectivity index (χ1n) is 5.43. The molecule has 0 spiro atoms. The number of nitrogens with zero attached hydrogens (tertiary/aromatic N) is 2. The molecule has 0 aliphatic carbocycles. The lowest BCUT2D eigenvalue weighted by Crippen LogP contribution is -2.05. The van der Waals surface area contributed by atoms with E-state index in [1.54, 1.807) is 34.1 Å². The van der Waals surface area contributed by atoms with E-state index in [1.807, 2.05) is 25.1 Å². The fourth-order valence-corrected chi connectivity index (χ4v) is 2.80. The molecule has 0 aliphatic rings. The van der Waals surface area contributed by atoms with Gasteiger partial charge in [0.2, 0.25) is 0 Å². The van der Waals surface area contributed by atoms with Crippen LogP contribution in [0.15, 0.2) is 36.5 Å². The first-order chi connectivity index (χ1) is 8.66. The molecule has 0 radical (unpaired) electrons. The Hall–Kier alpha value is -2.14. The molecule has 0 atom stereocenters. The van der Waals surface area contributed by atoms with Gasteiger partial charge >= 0.3 is 5.97 Å². The van der Waals surface area contributed by atoms with Gasteiger partial charge in [-0.1, -0.05) is 6.07 Å². The fraction of sp³-hybridized carbons (Fsp3) is 0.0769. The number of aromatic carboxylic acids is 1. The standard InChI is InChI=1S/C13H10N2O2S/c1-8-5-6-11(18-8)12-14-7-9-3-2-4-10(13(16)17)15(9)12/h2-7H,1H3,(H,16,17). The number of hydrogen-bond donors (Lipinski definition) is 1. The lowest BCUT2D eigenvalue weighted by molar-refractivity contribution is 0.0689. The van der Waals surface area contributed by atoms with Crippen molar-refractivity contribution < 1.29 is 9.90 Å². The number of imidazole rings is 1. The molecule has 0 bridgehead atoms. The Labute approximate surface area is 107 Å². The zero-order chi connectivity index (χ0) is 12.7. The van der Waals surface area contributed by atoms with Crippen LogP contribution in [0.3, 0.4) is 0 Å². The largest absolute Gasteiger partial charge is 0.477 e. The Kier molecular flexibility index (Phi) is 2.41. The molecule has 0 fully saturated rings. The molecule has 0 unspecified atom stereocenters. The first-order valence-corrected chi connectivity index (χ1v) is 6.25. The summed E-state index contributed by atoms with van der Waals surface area (Å²) in [4.78, 5) is 17.7. The predicted molar refractivity (Wildman–Crippen MR) is 70.2 cm³/mol. The minimum Gasteiger partial charge on any atom is -0.477 e. The van der Waals surface area contributed by atoms with Gasteiger partial charge in [0.25, 0.3) is 0 Å². The van der Waals surface area contributed by atoms with Crippen LogP contribution in [0.2, 0.25) is 0 Å². The highest BCUT2D eigenvalue weighted by molar-refractivity contribution is 7.15. The summed E-state index contributed by atoms with van der Waals surface area (Å²) >= 11 is 1.60. The molecule has 4 nitrogen and oxygen atoms in total. The van der Waals surface area contributed by atoms with Gasteiger partial charge in [0.1, 0.15) is 5.69 Å². The van der Waals surface area contributed by atoms with Gasteiger partial charge in [0, 0.05) is 4.88 Å². The second-order valence-electron chi connectivity index (χ2n) is 3.97. The summed E-state index contributed by atoms with van der Waals surface area (Å²) in [6, 6.07) is 9.13. The van der Waals surface area contributed by atoms with Crippen molar-refractivity contribution in [2.24, 2.45) is 0 Å². The molecule has 3 heterocycles. The highest BCUT2D eigenvalue weighted by atomic mass is 32.1. The molecule has 90 valence electrons. The van der Waals surface area contributed by atoms with E-state index in [9.17, 15) is 9.90 Å². The van der Waals surface area contributed by atoms with Crippen LogP contribution in [0.5, 0.6) is 0 Å². The SMILES string of the molecule is Cc1ccc(-c2ncc3cccc(C(=O)O)n23)s1. The van der Waals surface area contributed by atoms with Gasteiger partial charge in [-0.05, 0) is 31.2 Å². The van der Waals surface area contributed by atoms with E-state index < -0.39 is 5.97 Å². The predicted octanol–water partition coefficient (Wildman–Crippen LogP) is 3.07. The van der Waals surface area contributed by atoms with Gasteiger partial charge in [-0.25, -0.2) is 9.78 Å². The molecule has 0 saturated carbocycles. The Morgan fingerprint density at radius 3 is 2.83 bits per heavy atom. The molecular formula is C13H10N2O2S. The van der Waals surface area contributed by atoms with E-state index in [0.717, 1.165) is 10.4 Å². The monoisotopic (exact) mass is 258 g/mol. The van der Waals surface area contributed by atoms with Crippen molar-refractivity contribution in [2.75, 3.05) is 0 Å². The molecule has 0 aromatic carbocycles. The number of thiophene rings is 1. The van der Waals surface area contributed by atoms with E-state index in [1.165, 1.54) is 4.88 Å². The fourth-order valence-electron chi connectivity index (χ4n) is 1.94. The number of fused-ring (bicyclic) bond motifs is 1. The summed E-state index contributed by atoms with van der Waals surface area (Å²) in [5.41, 5.74) is 1.02. The average molecular weight is 258 g/mol. The topological polar surface area (TPSA) is 54.6 Å². The highest BCUT2D eigenvalue weighted by Crippen LogP contribution is 2.28. The zero-order valence-electron chi connectivity index (χ0n) is 9.62. The first kappa shape index (κ1) is 11.0. The number of aromatic nitrogens is 2. The summed E-state index contributed by atoms with van der Waals surface area (Å²) in [6.07, 6.45) is 1.69. The maximum Gasteiger partial charge on any atom is 0.352 e. The van der Waals surface area contributed by atoms with Crippen molar-refractivity contribution in [2.45, 2.75) is 6.92 Å². The maximum absolute atomic E-state index is 11.3. The van der Waals surface area contributed by atoms with Gasteiger partial charge in [-0.2, -0.15) is 0 Å². The highest BCUT2D eigenvalue weighted by Gasteiger charge is 2.14. The van der Waals surface area contributed by atoms with Crippen molar-refractivity contribution >= 4 is 22.8 Å². The second-order valence-corrected chi connectivity index (χ2v) is 5.26. The van der Waals surface area contributed by atoms with E-state index in [4.69, 9.17) is 0 Å². The quantitative estimate of drug-likeness (QED) is 0.768. The maximum atomic E-state index is 11.3. The van der Waals surface area contributed by atoms with Gasteiger partial charge in [-0.15, -0.1) is 11.3 Å².